The fourth-order valence-corrected chi connectivity index (χ4v) is 2.61. The first-order chi connectivity index (χ1) is 13.5. The molecule has 2 amide bonds. The Kier molecular flexibility index (Phi) is 6.49. The first kappa shape index (κ1) is 22.2. The molecule has 0 spiro atoms. The molecule has 29 heavy (non-hydrogen) atoms. The summed E-state index contributed by atoms with van der Waals surface area (Å²) in [5.74, 6) is -1.52. The predicted molar refractivity (Wildman–Crippen MR) is 94.7 cm³/mol. The van der Waals surface area contributed by atoms with Gasteiger partial charge in [0.1, 0.15) is 12.7 Å². The number of nitrogens with zero attached hydrogens (tertiary/aromatic N) is 2. The van der Waals surface area contributed by atoms with Gasteiger partial charge in [-0.15, -0.1) is 0 Å². The Morgan fingerprint density at radius 1 is 1.38 bits per heavy atom. The number of aliphatic hydroxyl groups is 2. The van der Waals surface area contributed by atoms with Crippen molar-refractivity contribution in [3.63, 3.8) is 0 Å². The number of ether oxygens (including phenoxy) is 1. The van der Waals surface area contributed by atoms with Gasteiger partial charge in [0.2, 0.25) is 5.96 Å². The highest BCUT2D eigenvalue weighted by Gasteiger charge is 2.36. The number of benzene rings is 1. The molecule has 1 aromatic carbocycles. The number of nitrogens with one attached hydrogen (secondary N) is 1. The van der Waals surface area contributed by atoms with Crippen molar-refractivity contribution in [1.82, 2.24) is 4.90 Å². The van der Waals surface area contributed by atoms with Crippen LogP contribution in [0.4, 0.5) is 23.7 Å². The summed E-state index contributed by atoms with van der Waals surface area (Å²) < 4.78 is 44.1. The minimum absolute atomic E-state index is 0.0512. The standard InChI is InChI=1S/C17H19F3N4O5/c1-9-13(14(27)29-8-12(26)7-25)6-23(16(22)28)15(21)24(9)11-4-2-3-10(5-11)17(18,19)20/h2-5,12,21,25-26H,6-8H2,1H3,(H2,22,28). The van der Waals surface area contributed by atoms with Crippen LogP contribution in [0.15, 0.2) is 35.5 Å². The average Bonchev–Trinajstić information content (AvgIpc) is 2.65. The summed E-state index contributed by atoms with van der Waals surface area (Å²) in [7, 11) is 0. The first-order valence-corrected chi connectivity index (χ1v) is 8.26. The maximum absolute atomic E-state index is 13.1. The number of hydrogen-bond acceptors (Lipinski definition) is 6. The van der Waals surface area contributed by atoms with Gasteiger partial charge in [-0.2, -0.15) is 13.2 Å². The van der Waals surface area contributed by atoms with E-state index in [1.807, 2.05) is 0 Å². The monoisotopic (exact) mass is 416 g/mol. The zero-order valence-electron chi connectivity index (χ0n) is 15.2. The van der Waals surface area contributed by atoms with E-state index in [0.717, 1.165) is 23.1 Å². The summed E-state index contributed by atoms with van der Waals surface area (Å²) in [5, 5.41) is 26.3. The molecular weight excluding hydrogens is 397 g/mol. The van der Waals surface area contributed by atoms with Crippen LogP contribution in [0.2, 0.25) is 0 Å². The Hall–Kier alpha value is -3.12. The number of esters is 1. The molecule has 0 aromatic heterocycles. The molecule has 1 heterocycles. The van der Waals surface area contributed by atoms with Crippen molar-refractivity contribution in [2.45, 2.75) is 19.2 Å². The predicted octanol–water partition coefficient (Wildman–Crippen LogP) is 1.01. The summed E-state index contributed by atoms with van der Waals surface area (Å²) in [6.07, 6.45) is -5.97. The second-order valence-corrected chi connectivity index (χ2v) is 6.13. The zero-order chi connectivity index (χ0) is 21.9. The van der Waals surface area contributed by atoms with Gasteiger partial charge in [-0.1, -0.05) is 6.07 Å². The number of carbonyl (C=O) groups is 2. The number of hydrogen-bond donors (Lipinski definition) is 4. The van der Waals surface area contributed by atoms with Gasteiger partial charge in [-0.25, -0.2) is 9.59 Å². The minimum atomic E-state index is -4.64. The minimum Gasteiger partial charge on any atom is -0.459 e. The van der Waals surface area contributed by atoms with Crippen LogP contribution >= 0.6 is 0 Å². The Balaban J connectivity index is 2.49. The summed E-state index contributed by atoms with van der Waals surface area (Å²) in [5.41, 5.74) is 4.04. The van der Waals surface area contributed by atoms with E-state index >= 15 is 0 Å². The lowest BCUT2D eigenvalue weighted by molar-refractivity contribution is -0.143. The van der Waals surface area contributed by atoms with Gasteiger partial charge in [0, 0.05) is 11.4 Å². The topological polar surface area (TPSA) is 140 Å². The van der Waals surface area contributed by atoms with E-state index < -0.39 is 55.6 Å². The molecule has 0 saturated carbocycles. The number of alkyl halides is 3. The number of urea groups is 1. The van der Waals surface area contributed by atoms with Crippen molar-refractivity contribution < 1.29 is 37.7 Å². The molecule has 158 valence electrons. The maximum Gasteiger partial charge on any atom is 0.416 e. The van der Waals surface area contributed by atoms with E-state index in [1.54, 1.807) is 0 Å². The lowest BCUT2D eigenvalue weighted by Crippen LogP contribution is -2.54. The summed E-state index contributed by atoms with van der Waals surface area (Å²) in [6.45, 7) is -0.265. The Bertz CT molecular complexity index is 856. The Morgan fingerprint density at radius 3 is 2.59 bits per heavy atom. The van der Waals surface area contributed by atoms with Crippen molar-refractivity contribution in [3.8, 4) is 0 Å². The molecule has 1 unspecified atom stereocenters. The molecule has 9 nitrogen and oxygen atoms in total. The number of anilines is 1. The number of rotatable bonds is 5. The van der Waals surface area contributed by atoms with Crippen molar-refractivity contribution in [2.75, 3.05) is 24.7 Å². The highest BCUT2D eigenvalue weighted by atomic mass is 19.4. The van der Waals surface area contributed by atoms with Crippen molar-refractivity contribution in [3.05, 3.63) is 41.1 Å². The van der Waals surface area contributed by atoms with Crippen LogP contribution in [0, 0.1) is 5.41 Å². The van der Waals surface area contributed by atoms with Crippen molar-refractivity contribution in [1.29, 1.82) is 5.41 Å². The van der Waals surface area contributed by atoms with Crippen molar-refractivity contribution >= 4 is 23.6 Å². The Labute approximate surface area is 163 Å². The number of primary amides is 1. The molecule has 5 N–H and O–H groups in total. The Morgan fingerprint density at radius 2 is 2.03 bits per heavy atom. The van der Waals surface area contributed by atoms with Gasteiger partial charge >= 0.3 is 18.2 Å². The van der Waals surface area contributed by atoms with Crippen LogP contribution in [0.5, 0.6) is 0 Å². The van der Waals surface area contributed by atoms with E-state index in [9.17, 15) is 27.9 Å². The molecule has 0 radical (unpaired) electrons. The van der Waals surface area contributed by atoms with Crippen molar-refractivity contribution in [2.24, 2.45) is 5.73 Å². The number of carbonyl (C=O) groups excluding carboxylic acids is 2. The molecule has 2 rings (SSSR count). The van der Waals surface area contributed by atoms with E-state index in [4.69, 9.17) is 21.0 Å². The third-order valence-electron chi connectivity index (χ3n) is 4.12. The van der Waals surface area contributed by atoms with Gasteiger partial charge in [-0.3, -0.25) is 15.2 Å². The van der Waals surface area contributed by atoms with Crippen LogP contribution in [-0.2, 0) is 15.7 Å². The number of guanidine groups is 1. The van der Waals surface area contributed by atoms with Gasteiger partial charge in [0.15, 0.2) is 0 Å². The summed E-state index contributed by atoms with van der Waals surface area (Å²) in [6, 6.07) is 2.91. The summed E-state index contributed by atoms with van der Waals surface area (Å²) >= 11 is 0. The summed E-state index contributed by atoms with van der Waals surface area (Å²) in [4.78, 5) is 25.7. The van der Waals surface area contributed by atoms with E-state index in [1.165, 1.54) is 13.0 Å². The second-order valence-electron chi connectivity index (χ2n) is 6.13. The fraction of sp³-hybridized carbons (Fsp3) is 0.353. The number of amides is 2. The van der Waals surface area contributed by atoms with Crippen LogP contribution in [0.1, 0.15) is 12.5 Å². The molecule has 1 atom stereocenters. The van der Waals surface area contributed by atoms with Crippen LogP contribution in [0.3, 0.4) is 0 Å². The molecule has 1 aliphatic rings. The number of allylic oxidation sites excluding steroid dienone is 1. The van der Waals surface area contributed by atoms with E-state index in [2.05, 4.69) is 0 Å². The molecule has 0 saturated heterocycles. The average molecular weight is 416 g/mol. The van der Waals surface area contributed by atoms with Gasteiger partial charge in [-0.05, 0) is 25.1 Å². The highest BCUT2D eigenvalue weighted by molar-refractivity contribution is 6.09. The van der Waals surface area contributed by atoms with Crippen LogP contribution in [-0.4, -0.2) is 58.9 Å². The molecule has 1 aliphatic heterocycles. The fourth-order valence-electron chi connectivity index (χ4n) is 2.61. The lowest BCUT2D eigenvalue weighted by Gasteiger charge is -2.37. The highest BCUT2D eigenvalue weighted by Crippen LogP contribution is 2.34. The van der Waals surface area contributed by atoms with Gasteiger partial charge in [0.05, 0.1) is 24.3 Å². The normalized spacial score (nSPS) is 16.1. The lowest BCUT2D eigenvalue weighted by atomic mass is 10.1. The third-order valence-corrected chi connectivity index (χ3v) is 4.12. The molecule has 0 aliphatic carbocycles. The number of nitrogens with two attached hydrogens (primary N) is 1. The van der Waals surface area contributed by atoms with Gasteiger partial charge < -0.3 is 20.7 Å². The molecular formula is C17H19F3N4O5. The number of aliphatic hydroxyl groups excluding tert-OH is 2. The van der Waals surface area contributed by atoms with Crippen LogP contribution in [0.25, 0.3) is 0 Å². The molecule has 1 aromatic rings. The quantitative estimate of drug-likeness (QED) is 0.528. The smallest absolute Gasteiger partial charge is 0.416 e. The molecule has 0 bridgehead atoms. The first-order valence-electron chi connectivity index (χ1n) is 8.26. The molecule has 0 fully saturated rings. The van der Waals surface area contributed by atoms with Gasteiger partial charge in [0.25, 0.3) is 0 Å². The van der Waals surface area contributed by atoms with E-state index in [0.29, 0.717) is 4.90 Å². The second kappa shape index (κ2) is 8.49. The van der Waals surface area contributed by atoms with Crippen LogP contribution < -0.4 is 10.6 Å². The molecule has 12 heteroatoms. The third kappa shape index (κ3) is 4.84. The number of halogens is 3. The largest absolute Gasteiger partial charge is 0.459 e. The zero-order valence-corrected chi connectivity index (χ0v) is 15.2. The SMILES string of the molecule is CC1=C(C(=O)OCC(O)CO)CN(C(N)=O)C(=N)N1c1cccc(C(F)(F)F)c1. The van der Waals surface area contributed by atoms with E-state index in [-0.39, 0.29) is 17.0 Å². The maximum atomic E-state index is 13.1.